The first-order valence-electron chi connectivity index (χ1n) is 11.1. The maximum absolute atomic E-state index is 13.2. The zero-order valence-corrected chi connectivity index (χ0v) is 18.6. The Bertz CT molecular complexity index is 961. The van der Waals surface area contributed by atoms with E-state index in [4.69, 9.17) is 4.74 Å². The second-order valence-corrected chi connectivity index (χ2v) is 8.15. The Morgan fingerprint density at radius 1 is 1.06 bits per heavy atom. The molecule has 2 amide bonds. The van der Waals surface area contributed by atoms with Gasteiger partial charge in [0.1, 0.15) is 12.5 Å². The highest BCUT2D eigenvalue weighted by Gasteiger charge is 2.30. The number of aliphatic hydroxyl groups is 1. The van der Waals surface area contributed by atoms with E-state index in [1.165, 1.54) is 0 Å². The number of amides is 2. The molecule has 0 saturated heterocycles. The molecule has 2 aromatic carbocycles. The number of allylic oxidation sites excluding steroid dienone is 2. The van der Waals surface area contributed by atoms with Gasteiger partial charge in [-0.3, -0.25) is 14.4 Å². The lowest BCUT2D eigenvalue weighted by molar-refractivity contribution is -0.149. The van der Waals surface area contributed by atoms with Gasteiger partial charge < -0.3 is 20.5 Å². The highest BCUT2D eigenvalue weighted by molar-refractivity contribution is 6.00. The van der Waals surface area contributed by atoms with Crippen LogP contribution in [0.15, 0.2) is 72.8 Å². The van der Waals surface area contributed by atoms with Crippen molar-refractivity contribution in [2.45, 2.75) is 31.8 Å². The van der Waals surface area contributed by atoms with E-state index in [9.17, 15) is 19.5 Å². The molecular weight excluding hydrogens is 420 g/mol. The van der Waals surface area contributed by atoms with E-state index in [0.717, 1.165) is 11.1 Å². The Hall–Kier alpha value is -3.45. The van der Waals surface area contributed by atoms with Crippen molar-refractivity contribution in [3.63, 3.8) is 0 Å². The minimum atomic E-state index is -1.00. The van der Waals surface area contributed by atoms with Crippen molar-refractivity contribution in [2.75, 3.05) is 13.2 Å². The lowest BCUT2D eigenvalue weighted by Gasteiger charge is -2.25. The largest absolute Gasteiger partial charge is 0.463 e. The molecule has 4 atom stereocenters. The number of carbonyl (C=O) groups excluding carboxylic acids is 3. The van der Waals surface area contributed by atoms with E-state index in [0.29, 0.717) is 6.42 Å². The van der Waals surface area contributed by atoms with Crippen molar-refractivity contribution < 1.29 is 24.2 Å². The second-order valence-electron chi connectivity index (χ2n) is 8.15. The molecular formula is C26H30N2O5. The maximum Gasteiger partial charge on any atom is 0.309 e. The van der Waals surface area contributed by atoms with Crippen LogP contribution in [0.1, 0.15) is 43.0 Å². The van der Waals surface area contributed by atoms with Crippen molar-refractivity contribution in [1.29, 1.82) is 0 Å². The fourth-order valence-corrected chi connectivity index (χ4v) is 3.64. The zero-order chi connectivity index (χ0) is 23.6. The van der Waals surface area contributed by atoms with Gasteiger partial charge >= 0.3 is 5.97 Å². The fourth-order valence-electron chi connectivity index (χ4n) is 3.64. The monoisotopic (exact) mass is 450 g/mol. The van der Waals surface area contributed by atoms with E-state index in [2.05, 4.69) is 10.6 Å². The topological polar surface area (TPSA) is 105 Å². The minimum Gasteiger partial charge on any atom is -0.463 e. The molecule has 0 aromatic heterocycles. The molecule has 7 heteroatoms. The first kappa shape index (κ1) is 24.2. The zero-order valence-electron chi connectivity index (χ0n) is 18.6. The molecule has 7 nitrogen and oxygen atoms in total. The third-order valence-corrected chi connectivity index (χ3v) is 5.68. The predicted octanol–water partition coefficient (Wildman–Crippen LogP) is 2.84. The molecule has 1 aliphatic rings. The van der Waals surface area contributed by atoms with E-state index in [1.807, 2.05) is 60.7 Å². The van der Waals surface area contributed by atoms with Crippen molar-refractivity contribution >= 4 is 17.8 Å². The smallest absolute Gasteiger partial charge is 0.309 e. The Kier molecular flexibility index (Phi) is 8.78. The lowest BCUT2D eigenvalue weighted by Crippen LogP contribution is -2.45. The molecule has 1 aliphatic heterocycles. The molecule has 0 saturated carbocycles. The number of benzene rings is 2. The van der Waals surface area contributed by atoms with Crippen LogP contribution in [0.25, 0.3) is 0 Å². The average molecular weight is 451 g/mol. The first-order chi connectivity index (χ1) is 16.0. The van der Waals surface area contributed by atoms with Gasteiger partial charge in [-0.15, -0.1) is 0 Å². The fraction of sp³-hybridized carbons (Fsp3) is 0.346. The number of ether oxygens (including phenoxy) is 1. The molecule has 3 rings (SSSR count). The molecule has 1 heterocycles. The quantitative estimate of drug-likeness (QED) is 0.369. The van der Waals surface area contributed by atoms with Crippen LogP contribution >= 0.6 is 0 Å². The van der Waals surface area contributed by atoms with E-state index in [-0.39, 0.29) is 31.5 Å². The normalized spacial score (nSPS) is 22.8. The average Bonchev–Trinajstić information content (AvgIpc) is 2.84. The number of nitrogens with one attached hydrogen (secondary N) is 2. The SMILES string of the molecule is CC1CC=CCC(C(=O)N[C@@H](CO)c2ccccc2)C(=O)NC(c2ccccc2)COC1=O. The van der Waals surface area contributed by atoms with Crippen LogP contribution < -0.4 is 10.6 Å². The summed E-state index contributed by atoms with van der Waals surface area (Å²) in [6, 6.07) is 17.1. The summed E-state index contributed by atoms with van der Waals surface area (Å²) < 4.78 is 5.46. The first-order valence-corrected chi connectivity index (χ1v) is 11.1. The molecule has 2 aromatic rings. The van der Waals surface area contributed by atoms with E-state index < -0.39 is 29.8 Å². The van der Waals surface area contributed by atoms with Crippen LogP contribution in [0.3, 0.4) is 0 Å². The Balaban J connectivity index is 1.83. The molecule has 0 radical (unpaired) electrons. The number of carbonyl (C=O) groups is 3. The van der Waals surface area contributed by atoms with Gasteiger partial charge in [0.15, 0.2) is 0 Å². The Labute approximate surface area is 193 Å². The molecule has 174 valence electrons. The third kappa shape index (κ3) is 6.76. The van der Waals surface area contributed by atoms with Crippen molar-refractivity contribution in [1.82, 2.24) is 10.6 Å². The summed E-state index contributed by atoms with van der Waals surface area (Å²) in [7, 11) is 0. The molecule has 0 aliphatic carbocycles. The van der Waals surface area contributed by atoms with Gasteiger partial charge in [0.2, 0.25) is 11.8 Å². The highest BCUT2D eigenvalue weighted by atomic mass is 16.5. The molecule has 0 fully saturated rings. The summed E-state index contributed by atoms with van der Waals surface area (Å²) in [6.07, 6.45) is 4.15. The Morgan fingerprint density at radius 3 is 2.36 bits per heavy atom. The summed E-state index contributed by atoms with van der Waals surface area (Å²) in [6.45, 7) is 1.46. The van der Waals surface area contributed by atoms with Gasteiger partial charge in [-0.25, -0.2) is 0 Å². The van der Waals surface area contributed by atoms with Gasteiger partial charge in [0, 0.05) is 0 Å². The summed E-state index contributed by atoms with van der Waals surface area (Å²) in [4.78, 5) is 38.6. The van der Waals surface area contributed by atoms with Crippen molar-refractivity contribution in [3.05, 3.63) is 83.9 Å². The van der Waals surface area contributed by atoms with Gasteiger partial charge in [-0.05, 0) is 24.0 Å². The van der Waals surface area contributed by atoms with Crippen molar-refractivity contribution in [2.24, 2.45) is 11.8 Å². The number of hydrogen-bond donors (Lipinski definition) is 3. The number of esters is 1. The van der Waals surface area contributed by atoms with Crippen LogP contribution in [-0.2, 0) is 19.1 Å². The van der Waals surface area contributed by atoms with Crippen molar-refractivity contribution in [3.8, 4) is 0 Å². The molecule has 0 bridgehead atoms. The second kappa shape index (κ2) is 12.0. The van der Waals surface area contributed by atoms with Crippen LogP contribution in [0.4, 0.5) is 0 Å². The van der Waals surface area contributed by atoms with Gasteiger partial charge in [-0.1, -0.05) is 79.7 Å². The van der Waals surface area contributed by atoms with E-state index >= 15 is 0 Å². The number of hydrogen-bond acceptors (Lipinski definition) is 5. The summed E-state index contributed by atoms with van der Waals surface area (Å²) in [5.41, 5.74) is 1.52. The van der Waals surface area contributed by atoms with Crippen LogP contribution in [0.2, 0.25) is 0 Å². The van der Waals surface area contributed by atoms with Gasteiger partial charge in [-0.2, -0.15) is 0 Å². The summed E-state index contributed by atoms with van der Waals surface area (Å²) >= 11 is 0. The van der Waals surface area contributed by atoms with Crippen LogP contribution in [0, 0.1) is 11.8 Å². The lowest BCUT2D eigenvalue weighted by atomic mass is 9.98. The Morgan fingerprint density at radius 2 is 1.70 bits per heavy atom. The minimum absolute atomic E-state index is 0.0275. The molecule has 0 spiro atoms. The van der Waals surface area contributed by atoms with Gasteiger partial charge in [0.05, 0.1) is 24.6 Å². The number of rotatable bonds is 5. The predicted molar refractivity (Wildman–Crippen MR) is 124 cm³/mol. The summed E-state index contributed by atoms with van der Waals surface area (Å²) in [5, 5.41) is 15.5. The number of aliphatic hydroxyl groups excluding tert-OH is 1. The highest BCUT2D eigenvalue weighted by Crippen LogP contribution is 2.19. The summed E-state index contributed by atoms with van der Waals surface area (Å²) in [5.74, 6) is -2.62. The van der Waals surface area contributed by atoms with Crippen LogP contribution in [-0.4, -0.2) is 36.1 Å². The van der Waals surface area contributed by atoms with Gasteiger partial charge in [0.25, 0.3) is 0 Å². The number of cyclic esters (lactones) is 1. The molecule has 33 heavy (non-hydrogen) atoms. The van der Waals surface area contributed by atoms with E-state index in [1.54, 1.807) is 19.1 Å². The third-order valence-electron chi connectivity index (χ3n) is 5.68. The standard InChI is InChI=1S/C26H30N2O5/c1-18-10-8-9-15-21(24(30)27-22(16-29)19-11-4-2-5-12-19)25(31)28-23(17-33-26(18)32)20-13-6-3-7-14-20/h2-9,11-14,18,21-23,29H,10,15-17H2,1H3,(H,27,30)(H,28,31)/t18?,21?,22-,23?/m0/s1. The molecule has 3 unspecified atom stereocenters. The molecule has 3 N–H and O–H groups in total. The van der Waals surface area contributed by atoms with Crippen LogP contribution in [0.5, 0.6) is 0 Å². The maximum atomic E-state index is 13.2.